The van der Waals surface area contributed by atoms with Crippen molar-refractivity contribution in [3.05, 3.63) is 76.3 Å². The van der Waals surface area contributed by atoms with Gasteiger partial charge in [-0.3, -0.25) is 9.78 Å². The summed E-state index contributed by atoms with van der Waals surface area (Å²) in [6, 6.07) is 11.3. The van der Waals surface area contributed by atoms with E-state index >= 15 is 0 Å². The monoisotopic (exact) mass is 396 g/mol. The molecule has 0 aliphatic rings. The fraction of sp³-hybridized carbons (Fsp3) is 0.318. The molecule has 0 aliphatic heterocycles. The Balaban J connectivity index is 2.01. The van der Waals surface area contributed by atoms with Crippen molar-refractivity contribution in [2.45, 2.75) is 46.1 Å². The molecule has 0 fully saturated rings. The number of pyridine rings is 1. The molecule has 28 heavy (non-hydrogen) atoms. The standard InChI is InChI=1S/C22H25ClN4O/c1-4-6-19-20(22(28)25-14-16-9-11-24-12-10-16)21(15(2)3)27(26-19)18-8-5-7-17(23)13-18/h5,7-13,15H,4,6,14H2,1-3H3,(H,25,28). The molecule has 3 rings (SSSR count). The molecule has 0 spiro atoms. The number of carbonyl (C=O) groups excluding carboxylic acids is 1. The van der Waals surface area contributed by atoms with E-state index in [9.17, 15) is 4.79 Å². The average molecular weight is 397 g/mol. The number of hydrogen-bond acceptors (Lipinski definition) is 3. The summed E-state index contributed by atoms with van der Waals surface area (Å²) in [4.78, 5) is 17.2. The lowest BCUT2D eigenvalue weighted by Crippen LogP contribution is -2.25. The van der Waals surface area contributed by atoms with Crippen LogP contribution in [0.3, 0.4) is 0 Å². The van der Waals surface area contributed by atoms with Gasteiger partial charge in [-0.1, -0.05) is 44.9 Å². The van der Waals surface area contributed by atoms with Gasteiger partial charge in [-0.05, 0) is 48.2 Å². The summed E-state index contributed by atoms with van der Waals surface area (Å²) >= 11 is 6.19. The minimum atomic E-state index is -0.0998. The Morgan fingerprint density at radius 1 is 1.21 bits per heavy atom. The van der Waals surface area contributed by atoms with E-state index in [2.05, 4.69) is 31.1 Å². The highest BCUT2D eigenvalue weighted by molar-refractivity contribution is 6.30. The van der Waals surface area contributed by atoms with Crippen LogP contribution in [-0.4, -0.2) is 20.7 Å². The maximum Gasteiger partial charge on any atom is 0.255 e. The van der Waals surface area contributed by atoms with Crippen LogP contribution in [0.2, 0.25) is 5.02 Å². The molecule has 3 aromatic rings. The van der Waals surface area contributed by atoms with Gasteiger partial charge < -0.3 is 5.32 Å². The maximum atomic E-state index is 13.1. The molecule has 146 valence electrons. The van der Waals surface area contributed by atoms with E-state index in [0.717, 1.165) is 35.5 Å². The van der Waals surface area contributed by atoms with Gasteiger partial charge >= 0.3 is 0 Å². The first-order valence-corrected chi connectivity index (χ1v) is 9.93. The van der Waals surface area contributed by atoms with Gasteiger partial charge in [0.15, 0.2) is 0 Å². The quantitative estimate of drug-likeness (QED) is 0.616. The zero-order chi connectivity index (χ0) is 20.1. The molecule has 0 unspecified atom stereocenters. The van der Waals surface area contributed by atoms with Crippen molar-refractivity contribution in [1.29, 1.82) is 0 Å². The number of hydrogen-bond donors (Lipinski definition) is 1. The van der Waals surface area contributed by atoms with E-state index in [4.69, 9.17) is 16.7 Å². The van der Waals surface area contributed by atoms with Gasteiger partial charge in [-0.2, -0.15) is 5.10 Å². The topological polar surface area (TPSA) is 59.8 Å². The Morgan fingerprint density at radius 3 is 2.61 bits per heavy atom. The van der Waals surface area contributed by atoms with Crippen LogP contribution in [0.1, 0.15) is 60.4 Å². The number of nitrogens with one attached hydrogen (secondary N) is 1. The van der Waals surface area contributed by atoms with Crippen LogP contribution in [0.15, 0.2) is 48.8 Å². The summed E-state index contributed by atoms with van der Waals surface area (Å²) in [7, 11) is 0. The van der Waals surface area contributed by atoms with E-state index in [1.165, 1.54) is 0 Å². The van der Waals surface area contributed by atoms with Crippen molar-refractivity contribution in [2.75, 3.05) is 0 Å². The van der Waals surface area contributed by atoms with Crippen molar-refractivity contribution >= 4 is 17.5 Å². The molecule has 1 N–H and O–H groups in total. The predicted octanol–water partition coefficient (Wildman–Crippen LogP) is 4.93. The number of nitrogens with zero attached hydrogens (tertiary/aromatic N) is 3. The van der Waals surface area contributed by atoms with Gasteiger partial charge in [0.2, 0.25) is 0 Å². The molecular formula is C22H25ClN4O. The SMILES string of the molecule is CCCc1nn(-c2cccc(Cl)c2)c(C(C)C)c1C(=O)NCc1ccncc1. The number of aryl methyl sites for hydroxylation is 1. The Morgan fingerprint density at radius 2 is 1.96 bits per heavy atom. The highest BCUT2D eigenvalue weighted by Gasteiger charge is 2.25. The van der Waals surface area contributed by atoms with Gasteiger partial charge in [0.25, 0.3) is 5.91 Å². The van der Waals surface area contributed by atoms with Crippen LogP contribution in [0.25, 0.3) is 5.69 Å². The number of amides is 1. The van der Waals surface area contributed by atoms with Crippen molar-refractivity contribution in [3.63, 3.8) is 0 Å². The molecule has 6 heteroatoms. The normalized spacial score (nSPS) is 11.0. The average Bonchev–Trinajstić information content (AvgIpc) is 3.07. The third kappa shape index (κ3) is 4.42. The second-order valence-corrected chi connectivity index (χ2v) is 7.48. The molecule has 0 aliphatic carbocycles. The molecule has 0 radical (unpaired) electrons. The third-order valence-corrected chi connectivity index (χ3v) is 4.74. The smallest absolute Gasteiger partial charge is 0.255 e. The Kier molecular flexibility index (Phi) is 6.47. The molecule has 2 heterocycles. The zero-order valence-corrected chi connectivity index (χ0v) is 17.2. The van der Waals surface area contributed by atoms with E-state index in [1.807, 2.05) is 41.1 Å². The number of halogens is 1. The summed E-state index contributed by atoms with van der Waals surface area (Å²) in [6.07, 6.45) is 5.10. The van der Waals surface area contributed by atoms with Crippen LogP contribution in [0.5, 0.6) is 0 Å². The van der Waals surface area contributed by atoms with Crippen LogP contribution in [-0.2, 0) is 13.0 Å². The maximum absolute atomic E-state index is 13.1. The summed E-state index contributed by atoms with van der Waals surface area (Å²) in [6.45, 7) is 6.69. The summed E-state index contributed by atoms with van der Waals surface area (Å²) in [5.74, 6) is 0.0241. The zero-order valence-electron chi connectivity index (χ0n) is 16.4. The van der Waals surface area contributed by atoms with Gasteiger partial charge in [0, 0.05) is 24.0 Å². The Labute approximate surface area is 170 Å². The number of benzene rings is 1. The molecule has 1 amide bonds. The van der Waals surface area contributed by atoms with Gasteiger partial charge in [-0.15, -0.1) is 0 Å². The Hall–Kier alpha value is -2.66. The van der Waals surface area contributed by atoms with Crippen molar-refractivity contribution in [1.82, 2.24) is 20.1 Å². The lowest BCUT2D eigenvalue weighted by molar-refractivity contribution is 0.0948. The molecule has 0 bridgehead atoms. The first-order chi connectivity index (χ1) is 13.5. The number of aromatic nitrogens is 3. The van der Waals surface area contributed by atoms with Gasteiger partial charge in [0.05, 0.1) is 22.6 Å². The number of rotatable bonds is 7. The second kappa shape index (κ2) is 9.02. The van der Waals surface area contributed by atoms with E-state index in [1.54, 1.807) is 12.4 Å². The molecule has 2 aromatic heterocycles. The van der Waals surface area contributed by atoms with E-state index < -0.39 is 0 Å². The Bertz CT molecular complexity index is 950. The van der Waals surface area contributed by atoms with Crippen LogP contribution < -0.4 is 5.32 Å². The second-order valence-electron chi connectivity index (χ2n) is 7.04. The van der Waals surface area contributed by atoms with Crippen molar-refractivity contribution in [2.24, 2.45) is 0 Å². The predicted molar refractivity (Wildman–Crippen MR) is 112 cm³/mol. The van der Waals surface area contributed by atoms with Crippen molar-refractivity contribution < 1.29 is 4.79 Å². The van der Waals surface area contributed by atoms with Gasteiger partial charge in [0.1, 0.15) is 0 Å². The largest absolute Gasteiger partial charge is 0.348 e. The van der Waals surface area contributed by atoms with Crippen LogP contribution in [0, 0.1) is 0 Å². The number of carbonyl (C=O) groups is 1. The van der Waals surface area contributed by atoms with Crippen LogP contribution in [0.4, 0.5) is 0 Å². The van der Waals surface area contributed by atoms with Crippen LogP contribution >= 0.6 is 11.6 Å². The molecule has 0 saturated heterocycles. The minimum Gasteiger partial charge on any atom is -0.348 e. The summed E-state index contributed by atoms with van der Waals surface area (Å²) in [5.41, 5.74) is 4.26. The highest BCUT2D eigenvalue weighted by Crippen LogP contribution is 2.28. The fourth-order valence-corrected chi connectivity index (χ4v) is 3.43. The molecular weight excluding hydrogens is 372 g/mol. The first-order valence-electron chi connectivity index (χ1n) is 9.56. The molecule has 5 nitrogen and oxygen atoms in total. The molecule has 1 aromatic carbocycles. The first kappa shape index (κ1) is 20.1. The lowest BCUT2D eigenvalue weighted by atomic mass is 10.0. The van der Waals surface area contributed by atoms with Gasteiger partial charge in [-0.25, -0.2) is 4.68 Å². The molecule has 0 atom stereocenters. The van der Waals surface area contributed by atoms with E-state index in [0.29, 0.717) is 17.1 Å². The minimum absolute atomic E-state index is 0.0998. The lowest BCUT2D eigenvalue weighted by Gasteiger charge is -2.13. The fourth-order valence-electron chi connectivity index (χ4n) is 3.25. The summed E-state index contributed by atoms with van der Waals surface area (Å²) in [5, 5.41) is 8.48. The highest BCUT2D eigenvalue weighted by atomic mass is 35.5. The molecule has 0 saturated carbocycles. The summed E-state index contributed by atoms with van der Waals surface area (Å²) < 4.78 is 1.86. The van der Waals surface area contributed by atoms with E-state index in [-0.39, 0.29) is 11.8 Å². The third-order valence-electron chi connectivity index (χ3n) is 4.51. The van der Waals surface area contributed by atoms with Crippen molar-refractivity contribution in [3.8, 4) is 5.69 Å².